The first-order chi connectivity index (χ1) is 15.2. The molecule has 0 bridgehead atoms. The molecule has 1 atom stereocenters. The average Bonchev–Trinajstić information content (AvgIpc) is 3.46. The van der Waals surface area contributed by atoms with E-state index in [0.29, 0.717) is 30.2 Å². The molecule has 1 aliphatic rings. The van der Waals surface area contributed by atoms with Crippen molar-refractivity contribution in [2.24, 2.45) is 0 Å². The van der Waals surface area contributed by atoms with Gasteiger partial charge in [-0.3, -0.25) is 4.79 Å². The van der Waals surface area contributed by atoms with Crippen molar-refractivity contribution >= 4 is 33.8 Å². The molecule has 9 nitrogen and oxygen atoms in total. The van der Waals surface area contributed by atoms with Gasteiger partial charge in [-0.25, -0.2) is 19.9 Å². The molecule has 3 aromatic heterocycles. The monoisotopic (exact) mass is 417 g/mol. The summed E-state index contributed by atoms with van der Waals surface area (Å²) in [7, 11) is 0. The normalized spacial score (nSPS) is 16.2. The Morgan fingerprint density at radius 2 is 2.19 bits per heavy atom. The number of nitrogens with zero attached hydrogens (tertiary/aromatic N) is 5. The van der Waals surface area contributed by atoms with E-state index < -0.39 is 0 Å². The van der Waals surface area contributed by atoms with E-state index in [1.807, 2.05) is 31.2 Å². The van der Waals surface area contributed by atoms with Gasteiger partial charge >= 0.3 is 0 Å². The van der Waals surface area contributed by atoms with Crippen LogP contribution in [0.3, 0.4) is 0 Å². The zero-order valence-corrected chi connectivity index (χ0v) is 17.2. The van der Waals surface area contributed by atoms with Crippen LogP contribution >= 0.6 is 0 Å². The van der Waals surface area contributed by atoms with Crippen LogP contribution in [0.2, 0.25) is 0 Å². The molecule has 158 valence electrons. The summed E-state index contributed by atoms with van der Waals surface area (Å²) in [6, 6.07) is 9.59. The molecule has 4 aromatic rings. The Balaban J connectivity index is 1.42. The topological polar surface area (TPSA) is 109 Å². The maximum atomic E-state index is 12.4. The third kappa shape index (κ3) is 3.63. The number of hydrogen-bond acceptors (Lipinski definition) is 7. The molecule has 4 heterocycles. The molecular formula is C22H23N7O2. The van der Waals surface area contributed by atoms with Crippen LogP contribution in [-0.4, -0.2) is 56.6 Å². The van der Waals surface area contributed by atoms with Gasteiger partial charge in [-0.1, -0.05) is 12.1 Å². The minimum atomic E-state index is -0.205. The van der Waals surface area contributed by atoms with E-state index in [0.717, 1.165) is 41.6 Å². The van der Waals surface area contributed by atoms with Crippen LogP contribution in [0.4, 0.5) is 5.82 Å². The summed E-state index contributed by atoms with van der Waals surface area (Å²) in [6.45, 7) is 3.79. The number of amides is 1. The van der Waals surface area contributed by atoms with Crippen LogP contribution in [0.5, 0.6) is 5.75 Å². The lowest BCUT2D eigenvalue weighted by Crippen LogP contribution is -2.35. The summed E-state index contributed by atoms with van der Waals surface area (Å²) in [5, 5.41) is 3.69. The predicted octanol–water partition coefficient (Wildman–Crippen LogP) is 2.70. The zero-order chi connectivity index (χ0) is 21.2. The Kier molecular flexibility index (Phi) is 5.07. The molecular weight excluding hydrogens is 394 g/mol. The molecule has 1 aliphatic heterocycles. The highest BCUT2D eigenvalue weighted by Crippen LogP contribution is 2.30. The SMILES string of the molecule is CCNC(=O)c1cc(OC[C@H]2CCCN2c2ncnc3nc[nH]c23)c2ccccc2n1. The first-order valence-electron chi connectivity index (χ1n) is 10.5. The molecule has 0 saturated carbocycles. The number of imidazole rings is 1. The molecule has 2 N–H and O–H groups in total. The van der Waals surface area contributed by atoms with Crippen molar-refractivity contribution in [3.05, 3.63) is 48.7 Å². The fraction of sp³-hybridized carbons (Fsp3) is 0.318. The number of H-pyrrole nitrogens is 1. The van der Waals surface area contributed by atoms with Crippen LogP contribution < -0.4 is 15.0 Å². The summed E-state index contributed by atoms with van der Waals surface area (Å²) in [4.78, 5) is 35.2. The van der Waals surface area contributed by atoms with Crippen molar-refractivity contribution in [3.63, 3.8) is 0 Å². The Morgan fingerprint density at radius 1 is 1.29 bits per heavy atom. The van der Waals surface area contributed by atoms with Crippen LogP contribution in [0, 0.1) is 0 Å². The number of nitrogens with one attached hydrogen (secondary N) is 2. The van der Waals surface area contributed by atoms with Gasteiger partial charge in [0.05, 0.1) is 17.9 Å². The fourth-order valence-corrected chi connectivity index (χ4v) is 4.07. The minimum Gasteiger partial charge on any atom is -0.491 e. The van der Waals surface area contributed by atoms with Crippen LogP contribution in [-0.2, 0) is 0 Å². The fourth-order valence-electron chi connectivity index (χ4n) is 4.07. The van der Waals surface area contributed by atoms with Gasteiger partial charge in [0, 0.05) is 24.5 Å². The number of para-hydroxylation sites is 1. The molecule has 0 unspecified atom stereocenters. The van der Waals surface area contributed by atoms with Gasteiger partial charge in [-0.2, -0.15) is 0 Å². The molecule has 1 saturated heterocycles. The maximum Gasteiger partial charge on any atom is 0.270 e. The number of anilines is 1. The van der Waals surface area contributed by atoms with E-state index in [-0.39, 0.29) is 11.9 Å². The van der Waals surface area contributed by atoms with Crippen LogP contribution in [0.1, 0.15) is 30.3 Å². The van der Waals surface area contributed by atoms with Gasteiger partial charge in [-0.15, -0.1) is 0 Å². The Morgan fingerprint density at radius 3 is 3.10 bits per heavy atom. The summed E-state index contributed by atoms with van der Waals surface area (Å²) < 4.78 is 6.29. The van der Waals surface area contributed by atoms with Crippen molar-refractivity contribution in [2.75, 3.05) is 24.6 Å². The van der Waals surface area contributed by atoms with Crippen LogP contribution in [0.15, 0.2) is 43.0 Å². The molecule has 0 radical (unpaired) electrons. The minimum absolute atomic E-state index is 0.154. The Hall–Kier alpha value is -3.75. The summed E-state index contributed by atoms with van der Waals surface area (Å²) in [6.07, 6.45) is 5.22. The van der Waals surface area contributed by atoms with E-state index in [2.05, 4.69) is 35.1 Å². The van der Waals surface area contributed by atoms with Gasteiger partial charge < -0.3 is 19.9 Å². The third-order valence-electron chi connectivity index (χ3n) is 5.53. The van der Waals surface area contributed by atoms with Crippen LogP contribution in [0.25, 0.3) is 22.1 Å². The summed E-state index contributed by atoms with van der Waals surface area (Å²) in [5.74, 6) is 1.30. The van der Waals surface area contributed by atoms with Gasteiger partial charge in [-0.05, 0) is 31.9 Å². The zero-order valence-electron chi connectivity index (χ0n) is 17.2. The van der Waals surface area contributed by atoms with E-state index in [1.54, 1.807) is 18.7 Å². The summed E-state index contributed by atoms with van der Waals surface area (Å²) >= 11 is 0. The predicted molar refractivity (Wildman–Crippen MR) is 117 cm³/mol. The second-order valence-corrected chi connectivity index (χ2v) is 7.48. The molecule has 1 amide bonds. The number of carbonyl (C=O) groups excluding carboxylic acids is 1. The third-order valence-corrected chi connectivity index (χ3v) is 5.53. The number of pyridine rings is 1. The number of aromatic amines is 1. The van der Waals surface area contributed by atoms with Crippen molar-refractivity contribution in [1.29, 1.82) is 0 Å². The van der Waals surface area contributed by atoms with Crippen molar-refractivity contribution < 1.29 is 9.53 Å². The highest BCUT2D eigenvalue weighted by molar-refractivity contribution is 5.97. The molecule has 5 rings (SSSR count). The molecule has 1 aromatic carbocycles. The lowest BCUT2D eigenvalue weighted by molar-refractivity contribution is 0.0950. The number of fused-ring (bicyclic) bond motifs is 2. The van der Waals surface area contributed by atoms with E-state index in [1.165, 1.54) is 0 Å². The molecule has 0 aliphatic carbocycles. The highest BCUT2D eigenvalue weighted by Gasteiger charge is 2.28. The molecule has 1 fully saturated rings. The first kappa shape index (κ1) is 19.2. The molecule has 9 heteroatoms. The van der Waals surface area contributed by atoms with Gasteiger partial charge in [0.2, 0.25) is 0 Å². The quantitative estimate of drug-likeness (QED) is 0.496. The lowest BCUT2D eigenvalue weighted by atomic mass is 10.1. The standard InChI is InChI=1S/C22H23N7O2/c1-2-23-22(30)17-10-18(15-7-3-4-8-16(15)28-17)31-11-14-6-5-9-29(14)21-19-20(25-12-24-19)26-13-27-21/h3-4,7-8,10,12-14H,2,5-6,9,11H2,1H3,(H,23,30)(H,24,25,26,27)/t14-/m1/s1. The largest absolute Gasteiger partial charge is 0.491 e. The van der Waals surface area contributed by atoms with E-state index in [9.17, 15) is 4.79 Å². The number of aromatic nitrogens is 5. The van der Waals surface area contributed by atoms with E-state index in [4.69, 9.17) is 4.74 Å². The van der Waals surface area contributed by atoms with Gasteiger partial charge in [0.25, 0.3) is 5.91 Å². The Bertz CT molecular complexity index is 1240. The number of hydrogen-bond donors (Lipinski definition) is 2. The van der Waals surface area contributed by atoms with Crippen molar-refractivity contribution in [2.45, 2.75) is 25.8 Å². The average molecular weight is 417 g/mol. The number of benzene rings is 1. The molecule has 0 spiro atoms. The summed E-state index contributed by atoms with van der Waals surface area (Å²) in [5.41, 5.74) is 2.58. The first-order valence-corrected chi connectivity index (χ1v) is 10.5. The maximum absolute atomic E-state index is 12.4. The smallest absolute Gasteiger partial charge is 0.270 e. The highest BCUT2D eigenvalue weighted by atomic mass is 16.5. The Labute approximate surface area is 178 Å². The second-order valence-electron chi connectivity index (χ2n) is 7.48. The van der Waals surface area contributed by atoms with Crippen molar-refractivity contribution in [3.8, 4) is 5.75 Å². The van der Waals surface area contributed by atoms with E-state index >= 15 is 0 Å². The molecule has 31 heavy (non-hydrogen) atoms. The van der Waals surface area contributed by atoms with Gasteiger partial charge in [0.1, 0.15) is 29.9 Å². The van der Waals surface area contributed by atoms with Gasteiger partial charge in [0.15, 0.2) is 11.5 Å². The second kappa shape index (κ2) is 8.17. The number of rotatable bonds is 6. The number of carbonyl (C=O) groups is 1. The van der Waals surface area contributed by atoms with Crippen molar-refractivity contribution in [1.82, 2.24) is 30.2 Å². The lowest BCUT2D eigenvalue weighted by Gasteiger charge is -2.26. The number of ether oxygens (including phenoxy) is 1.